The zero-order valence-corrected chi connectivity index (χ0v) is 29.8. The number of carbonyl (C=O) groups excluding carboxylic acids is 3. The molecule has 15 heteroatoms. The van der Waals surface area contributed by atoms with E-state index < -0.39 is 29.5 Å². The van der Waals surface area contributed by atoms with Crippen molar-refractivity contribution in [2.45, 2.75) is 52.7 Å². The number of rotatable bonds is 25. The summed E-state index contributed by atoms with van der Waals surface area (Å²) >= 11 is 0. The minimum absolute atomic E-state index is 0.0547. The standard InChI is InChI=1S/C32H59N3O12/c1-10-15-39-20-21-42-22-23-43-24-25-44-26-27-45-30(38)35(13-18-40-16-11-33(8)28(36)46-31(2,3)4)14-19-41-17-12-34(9)29(37)47-32(5,6)7/h1H,11-27H2,2-9H3. The third-order valence-electron chi connectivity index (χ3n) is 5.58. The van der Waals surface area contributed by atoms with E-state index in [1.54, 1.807) is 55.6 Å². The van der Waals surface area contributed by atoms with Crippen LogP contribution in [0.15, 0.2) is 0 Å². The third kappa shape index (κ3) is 27.9. The lowest BCUT2D eigenvalue weighted by Gasteiger charge is -2.25. The summed E-state index contributed by atoms with van der Waals surface area (Å²) in [7, 11) is 3.26. The van der Waals surface area contributed by atoms with Crippen molar-refractivity contribution in [1.29, 1.82) is 0 Å². The SMILES string of the molecule is C#CCOCCOCCOCCOCCOC(=O)N(CCOCCN(C)C(=O)OC(C)(C)C)CCOCCN(C)C(=O)OC(C)(C)C. The Morgan fingerprint density at radius 3 is 1.23 bits per heavy atom. The van der Waals surface area contributed by atoms with Gasteiger partial charge in [0.15, 0.2) is 0 Å². The predicted octanol–water partition coefficient (Wildman–Crippen LogP) is 2.89. The first kappa shape index (κ1) is 44.1. The van der Waals surface area contributed by atoms with Crippen LogP contribution in [0.2, 0.25) is 0 Å². The van der Waals surface area contributed by atoms with Crippen LogP contribution in [0, 0.1) is 12.3 Å². The lowest BCUT2D eigenvalue weighted by Crippen LogP contribution is -2.39. The van der Waals surface area contributed by atoms with Gasteiger partial charge in [0, 0.05) is 40.3 Å². The summed E-state index contributed by atoms with van der Waals surface area (Å²) in [6, 6.07) is 0. The average molecular weight is 678 g/mol. The van der Waals surface area contributed by atoms with Crippen molar-refractivity contribution in [3.8, 4) is 12.3 Å². The third-order valence-corrected chi connectivity index (χ3v) is 5.58. The topological polar surface area (TPSA) is 144 Å². The summed E-state index contributed by atoms with van der Waals surface area (Å²) in [4.78, 5) is 41.3. The molecule has 0 aromatic rings. The second-order valence-corrected chi connectivity index (χ2v) is 12.2. The number of hydrogen-bond donors (Lipinski definition) is 0. The number of terminal acetylenes is 1. The van der Waals surface area contributed by atoms with Crippen LogP contribution in [0.4, 0.5) is 14.4 Å². The van der Waals surface area contributed by atoms with E-state index in [0.717, 1.165) is 0 Å². The van der Waals surface area contributed by atoms with E-state index in [9.17, 15) is 14.4 Å². The highest BCUT2D eigenvalue weighted by Gasteiger charge is 2.21. The van der Waals surface area contributed by atoms with Crippen molar-refractivity contribution in [1.82, 2.24) is 14.7 Å². The highest BCUT2D eigenvalue weighted by atomic mass is 16.6. The molecule has 15 nitrogen and oxygen atoms in total. The van der Waals surface area contributed by atoms with Crippen molar-refractivity contribution in [3.05, 3.63) is 0 Å². The van der Waals surface area contributed by atoms with Gasteiger partial charge in [-0.15, -0.1) is 6.42 Å². The molecule has 0 atom stereocenters. The van der Waals surface area contributed by atoms with E-state index >= 15 is 0 Å². The molecule has 0 saturated carbocycles. The fourth-order valence-corrected chi connectivity index (χ4v) is 3.18. The fraction of sp³-hybridized carbons (Fsp3) is 0.844. The molecule has 0 rings (SSSR count). The van der Waals surface area contributed by atoms with Gasteiger partial charge in [-0.2, -0.15) is 0 Å². The number of hydrogen-bond acceptors (Lipinski definition) is 12. The van der Waals surface area contributed by atoms with Crippen LogP contribution >= 0.6 is 0 Å². The molecule has 0 aliphatic carbocycles. The van der Waals surface area contributed by atoms with Gasteiger partial charge >= 0.3 is 18.3 Å². The van der Waals surface area contributed by atoms with E-state index in [4.69, 9.17) is 49.1 Å². The maximum Gasteiger partial charge on any atom is 0.410 e. The predicted molar refractivity (Wildman–Crippen MR) is 174 cm³/mol. The molecule has 0 spiro atoms. The second-order valence-electron chi connectivity index (χ2n) is 12.2. The summed E-state index contributed by atoms with van der Waals surface area (Å²) in [5.41, 5.74) is -1.18. The molecule has 3 amide bonds. The van der Waals surface area contributed by atoms with E-state index in [1.165, 1.54) is 14.7 Å². The molecule has 0 unspecified atom stereocenters. The lowest BCUT2D eigenvalue weighted by atomic mass is 10.2. The second kappa shape index (κ2) is 26.1. The number of carbonyl (C=O) groups is 3. The Morgan fingerprint density at radius 1 is 0.511 bits per heavy atom. The van der Waals surface area contributed by atoms with E-state index in [1.807, 2.05) is 0 Å². The van der Waals surface area contributed by atoms with Crippen molar-refractivity contribution < 1.29 is 57.0 Å². The minimum Gasteiger partial charge on any atom is -0.447 e. The van der Waals surface area contributed by atoms with Crippen LogP contribution < -0.4 is 0 Å². The Hall–Kier alpha value is -2.87. The zero-order chi connectivity index (χ0) is 35.6. The Labute approximate surface area is 281 Å². The molecule has 0 aliphatic rings. The fourth-order valence-electron chi connectivity index (χ4n) is 3.18. The van der Waals surface area contributed by atoms with Gasteiger partial charge in [-0.05, 0) is 41.5 Å². The molecule has 0 N–H and O–H groups in total. The number of ether oxygens (including phenoxy) is 9. The molecular formula is C32H59N3O12. The first-order chi connectivity index (χ1) is 22.2. The Kier molecular flexibility index (Phi) is 24.5. The Balaban J connectivity index is 4.46. The van der Waals surface area contributed by atoms with Gasteiger partial charge in [-0.1, -0.05) is 5.92 Å². The van der Waals surface area contributed by atoms with Crippen molar-refractivity contribution in [2.75, 3.05) is 126 Å². The summed E-state index contributed by atoms with van der Waals surface area (Å²) in [6.07, 6.45) is 3.67. The van der Waals surface area contributed by atoms with Gasteiger partial charge in [-0.3, -0.25) is 0 Å². The quantitative estimate of drug-likeness (QED) is 0.0796. The van der Waals surface area contributed by atoms with Gasteiger partial charge in [0.05, 0.1) is 72.7 Å². The largest absolute Gasteiger partial charge is 0.447 e. The van der Waals surface area contributed by atoms with Crippen molar-refractivity contribution in [3.63, 3.8) is 0 Å². The van der Waals surface area contributed by atoms with Gasteiger partial charge in [-0.25, -0.2) is 14.4 Å². The van der Waals surface area contributed by atoms with E-state index in [0.29, 0.717) is 52.7 Å². The van der Waals surface area contributed by atoms with E-state index in [-0.39, 0.29) is 59.3 Å². The summed E-state index contributed by atoms with van der Waals surface area (Å²) < 4.78 is 48.7. The van der Waals surface area contributed by atoms with Crippen LogP contribution in [0.5, 0.6) is 0 Å². The molecule has 274 valence electrons. The van der Waals surface area contributed by atoms with Crippen LogP contribution in [-0.4, -0.2) is 170 Å². The maximum absolute atomic E-state index is 12.8. The van der Waals surface area contributed by atoms with E-state index in [2.05, 4.69) is 5.92 Å². The van der Waals surface area contributed by atoms with Crippen molar-refractivity contribution in [2.24, 2.45) is 0 Å². The van der Waals surface area contributed by atoms with Crippen LogP contribution in [0.25, 0.3) is 0 Å². The Bertz CT molecular complexity index is 842. The molecule has 0 heterocycles. The first-order valence-electron chi connectivity index (χ1n) is 15.9. The lowest BCUT2D eigenvalue weighted by molar-refractivity contribution is -0.00705. The number of amides is 3. The molecule has 0 aromatic carbocycles. The molecule has 0 saturated heterocycles. The molecule has 0 fully saturated rings. The van der Waals surface area contributed by atoms with Gasteiger partial charge < -0.3 is 57.3 Å². The smallest absolute Gasteiger partial charge is 0.410 e. The van der Waals surface area contributed by atoms with Gasteiger partial charge in [0.1, 0.15) is 24.4 Å². The van der Waals surface area contributed by atoms with Gasteiger partial charge in [0.25, 0.3) is 0 Å². The Morgan fingerprint density at radius 2 is 0.851 bits per heavy atom. The van der Waals surface area contributed by atoms with Crippen LogP contribution in [-0.2, 0) is 42.6 Å². The van der Waals surface area contributed by atoms with Crippen LogP contribution in [0.3, 0.4) is 0 Å². The molecule has 0 bridgehead atoms. The number of likely N-dealkylation sites (N-methyl/N-ethyl adjacent to an activating group) is 2. The highest BCUT2D eigenvalue weighted by molar-refractivity contribution is 5.68. The molecule has 47 heavy (non-hydrogen) atoms. The molecule has 0 aromatic heterocycles. The van der Waals surface area contributed by atoms with Gasteiger partial charge in [0.2, 0.25) is 0 Å². The van der Waals surface area contributed by atoms with Crippen molar-refractivity contribution >= 4 is 18.3 Å². The normalized spacial score (nSPS) is 11.5. The molecular weight excluding hydrogens is 618 g/mol. The number of nitrogens with zero attached hydrogens (tertiary/aromatic N) is 3. The monoisotopic (exact) mass is 677 g/mol. The summed E-state index contributed by atoms with van der Waals surface area (Å²) in [6.45, 7) is 15.8. The summed E-state index contributed by atoms with van der Waals surface area (Å²) in [5, 5.41) is 0. The maximum atomic E-state index is 12.8. The zero-order valence-electron chi connectivity index (χ0n) is 29.8. The summed E-state index contributed by atoms with van der Waals surface area (Å²) in [5.74, 6) is 2.38. The first-order valence-corrected chi connectivity index (χ1v) is 15.9. The minimum atomic E-state index is -0.590. The average Bonchev–Trinajstić information content (AvgIpc) is 2.97. The highest BCUT2D eigenvalue weighted by Crippen LogP contribution is 2.10. The van der Waals surface area contributed by atoms with Crippen LogP contribution in [0.1, 0.15) is 41.5 Å². The molecule has 0 aliphatic heterocycles. The molecule has 0 radical (unpaired) electrons.